The summed E-state index contributed by atoms with van der Waals surface area (Å²) in [6.07, 6.45) is 2.94. The highest BCUT2D eigenvalue weighted by atomic mass is 16.1. The molecule has 2 aliphatic rings. The molecule has 1 saturated heterocycles. The molecule has 4 nitrogen and oxygen atoms in total. The van der Waals surface area contributed by atoms with E-state index < -0.39 is 0 Å². The van der Waals surface area contributed by atoms with Crippen LogP contribution in [0.3, 0.4) is 0 Å². The number of nitrogens with zero attached hydrogens (tertiary/aromatic N) is 1. The molecule has 0 aromatic heterocycles. The van der Waals surface area contributed by atoms with Gasteiger partial charge in [0.25, 0.3) is 0 Å². The molecule has 0 spiro atoms. The minimum atomic E-state index is -0.230. The molecule has 1 atom stereocenters. The second-order valence-corrected chi connectivity index (χ2v) is 4.36. The summed E-state index contributed by atoms with van der Waals surface area (Å²) < 4.78 is 0. The van der Waals surface area contributed by atoms with E-state index in [1.54, 1.807) is 0 Å². The Morgan fingerprint density at radius 2 is 1.93 bits per heavy atom. The van der Waals surface area contributed by atoms with E-state index in [2.05, 4.69) is 4.90 Å². The SMILES string of the molecule is NC(=O)C1CCN(CC(=O)C2CC2)C1. The highest BCUT2D eigenvalue weighted by Gasteiger charge is 2.33. The van der Waals surface area contributed by atoms with Crippen molar-refractivity contribution in [2.75, 3.05) is 19.6 Å². The molecule has 1 aliphatic heterocycles. The summed E-state index contributed by atoms with van der Waals surface area (Å²) in [6.45, 7) is 2.04. The van der Waals surface area contributed by atoms with Gasteiger partial charge in [-0.1, -0.05) is 0 Å². The Balaban J connectivity index is 1.77. The average molecular weight is 196 g/mol. The van der Waals surface area contributed by atoms with Crippen LogP contribution < -0.4 is 5.73 Å². The second kappa shape index (κ2) is 3.69. The molecule has 0 aromatic carbocycles. The lowest BCUT2D eigenvalue weighted by atomic mass is 10.1. The van der Waals surface area contributed by atoms with Crippen LogP contribution >= 0.6 is 0 Å². The summed E-state index contributed by atoms with van der Waals surface area (Å²) in [5.41, 5.74) is 5.21. The molecule has 2 fully saturated rings. The molecule has 2 N–H and O–H groups in total. The van der Waals surface area contributed by atoms with Crippen molar-refractivity contribution in [1.29, 1.82) is 0 Å². The maximum absolute atomic E-state index is 11.5. The quantitative estimate of drug-likeness (QED) is 0.675. The Morgan fingerprint density at radius 3 is 2.43 bits per heavy atom. The Bertz CT molecular complexity index is 261. The molecular formula is C10H16N2O2. The normalized spacial score (nSPS) is 27.9. The van der Waals surface area contributed by atoms with Gasteiger partial charge in [0.05, 0.1) is 12.5 Å². The van der Waals surface area contributed by atoms with E-state index in [4.69, 9.17) is 5.73 Å². The van der Waals surface area contributed by atoms with Crippen LogP contribution in [-0.4, -0.2) is 36.2 Å². The van der Waals surface area contributed by atoms with Crippen molar-refractivity contribution in [2.45, 2.75) is 19.3 Å². The highest BCUT2D eigenvalue weighted by Crippen LogP contribution is 2.30. The lowest BCUT2D eigenvalue weighted by Crippen LogP contribution is -2.31. The molecule has 1 heterocycles. The van der Waals surface area contributed by atoms with Crippen molar-refractivity contribution in [3.63, 3.8) is 0 Å². The fourth-order valence-electron chi connectivity index (χ4n) is 1.96. The molecule has 78 valence electrons. The lowest BCUT2D eigenvalue weighted by molar-refractivity contribution is -0.123. The van der Waals surface area contributed by atoms with Gasteiger partial charge in [0.1, 0.15) is 5.78 Å². The Kier molecular flexibility index (Phi) is 2.54. The van der Waals surface area contributed by atoms with Crippen molar-refractivity contribution in [3.05, 3.63) is 0 Å². The number of Topliss-reactive ketones (excluding diaryl/α,β-unsaturated/α-hetero) is 1. The summed E-state index contributed by atoms with van der Waals surface area (Å²) in [6, 6.07) is 0. The molecule has 0 bridgehead atoms. The van der Waals surface area contributed by atoms with Crippen molar-refractivity contribution in [2.24, 2.45) is 17.6 Å². The smallest absolute Gasteiger partial charge is 0.221 e. The zero-order valence-corrected chi connectivity index (χ0v) is 8.24. The summed E-state index contributed by atoms with van der Waals surface area (Å²) in [4.78, 5) is 24.4. The molecule has 1 aliphatic carbocycles. The van der Waals surface area contributed by atoms with Gasteiger partial charge < -0.3 is 5.73 Å². The van der Waals surface area contributed by atoms with Crippen LogP contribution in [0.1, 0.15) is 19.3 Å². The summed E-state index contributed by atoms with van der Waals surface area (Å²) in [5, 5.41) is 0. The number of carbonyl (C=O) groups is 2. The van der Waals surface area contributed by atoms with Gasteiger partial charge in [0, 0.05) is 12.5 Å². The number of hydrogen-bond donors (Lipinski definition) is 1. The number of ketones is 1. The molecule has 0 radical (unpaired) electrons. The van der Waals surface area contributed by atoms with E-state index in [0.717, 1.165) is 25.8 Å². The number of carbonyl (C=O) groups excluding carboxylic acids is 2. The third kappa shape index (κ3) is 2.12. The zero-order chi connectivity index (χ0) is 10.1. The number of primary amides is 1. The topological polar surface area (TPSA) is 63.4 Å². The minimum absolute atomic E-state index is 0.0398. The van der Waals surface area contributed by atoms with Gasteiger partial charge in [-0.2, -0.15) is 0 Å². The summed E-state index contributed by atoms with van der Waals surface area (Å²) in [7, 11) is 0. The fraction of sp³-hybridized carbons (Fsp3) is 0.800. The van der Waals surface area contributed by atoms with Gasteiger partial charge >= 0.3 is 0 Å². The first-order chi connectivity index (χ1) is 6.66. The molecular weight excluding hydrogens is 180 g/mol. The molecule has 1 amide bonds. The average Bonchev–Trinajstić information content (AvgIpc) is 2.87. The third-order valence-electron chi connectivity index (χ3n) is 3.09. The molecule has 14 heavy (non-hydrogen) atoms. The van der Waals surface area contributed by atoms with E-state index in [0.29, 0.717) is 24.8 Å². The Morgan fingerprint density at radius 1 is 1.21 bits per heavy atom. The van der Waals surface area contributed by atoms with Crippen molar-refractivity contribution >= 4 is 11.7 Å². The van der Waals surface area contributed by atoms with Gasteiger partial charge in [-0.3, -0.25) is 14.5 Å². The molecule has 0 aromatic rings. The number of rotatable bonds is 4. The van der Waals surface area contributed by atoms with Crippen molar-refractivity contribution < 1.29 is 9.59 Å². The lowest BCUT2D eigenvalue weighted by Gasteiger charge is -2.13. The van der Waals surface area contributed by atoms with Crippen LogP contribution in [0, 0.1) is 11.8 Å². The Labute approximate surface area is 83.4 Å². The first-order valence-electron chi connectivity index (χ1n) is 5.21. The van der Waals surface area contributed by atoms with E-state index in [-0.39, 0.29) is 11.8 Å². The first kappa shape index (κ1) is 9.65. The van der Waals surface area contributed by atoms with E-state index in [9.17, 15) is 9.59 Å². The van der Waals surface area contributed by atoms with Gasteiger partial charge in [-0.05, 0) is 25.8 Å². The largest absolute Gasteiger partial charge is 0.369 e. The number of amides is 1. The predicted molar refractivity (Wildman–Crippen MR) is 51.5 cm³/mol. The van der Waals surface area contributed by atoms with Gasteiger partial charge in [-0.25, -0.2) is 0 Å². The predicted octanol–water partition coefficient (Wildman–Crippen LogP) is -0.227. The van der Waals surface area contributed by atoms with E-state index in [1.807, 2.05) is 0 Å². The van der Waals surface area contributed by atoms with Crippen LogP contribution in [0.25, 0.3) is 0 Å². The maximum Gasteiger partial charge on any atom is 0.221 e. The minimum Gasteiger partial charge on any atom is -0.369 e. The standard InChI is InChI=1S/C10H16N2O2/c11-10(14)8-3-4-12(5-8)6-9(13)7-1-2-7/h7-8H,1-6H2,(H2,11,14). The van der Waals surface area contributed by atoms with Crippen LogP contribution in [0.15, 0.2) is 0 Å². The molecule has 1 saturated carbocycles. The van der Waals surface area contributed by atoms with Crippen molar-refractivity contribution in [3.8, 4) is 0 Å². The zero-order valence-electron chi connectivity index (χ0n) is 8.24. The third-order valence-corrected chi connectivity index (χ3v) is 3.09. The van der Waals surface area contributed by atoms with Gasteiger partial charge in [0.2, 0.25) is 5.91 Å². The fourth-order valence-corrected chi connectivity index (χ4v) is 1.96. The van der Waals surface area contributed by atoms with E-state index >= 15 is 0 Å². The molecule has 2 rings (SSSR count). The highest BCUT2D eigenvalue weighted by molar-refractivity contribution is 5.85. The van der Waals surface area contributed by atoms with Gasteiger partial charge in [-0.15, -0.1) is 0 Å². The van der Waals surface area contributed by atoms with Crippen LogP contribution in [-0.2, 0) is 9.59 Å². The van der Waals surface area contributed by atoms with Crippen molar-refractivity contribution in [1.82, 2.24) is 4.90 Å². The second-order valence-electron chi connectivity index (χ2n) is 4.36. The summed E-state index contributed by atoms with van der Waals surface area (Å²) in [5.74, 6) is 0.395. The molecule has 1 unspecified atom stereocenters. The first-order valence-corrected chi connectivity index (χ1v) is 5.21. The summed E-state index contributed by atoms with van der Waals surface area (Å²) >= 11 is 0. The maximum atomic E-state index is 11.5. The van der Waals surface area contributed by atoms with Crippen LogP contribution in [0.4, 0.5) is 0 Å². The van der Waals surface area contributed by atoms with Crippen LogP contribution in [0.5, 0.6) is 0 Å². The Hall–Kier alpha value is -0.900. The number of likely N-dealkylation sites (tertiary alicyclic amines) is 1. The van der Waals surface area contributed by atoms with Gasteiger partial charge in [0.15, 0.2) is 0 Å². The number of hydrogen-bond acceptors (Lipinski definition) is 3. The number of nitrogens with two attached hydrogens (primary N) is 1. The van der Waals surface area contributed by atoms with Crippen LogP contribution in [0.2, 0.25) is 0 Å². The molecule has 4 heteroatoms. The van der Waals surface area contributed by atoms with E-state index in [1.165, 1.54) is 0 Å². The monoisotopic (exact) mass is 196 g/mol.